The third kappa shape index (κ3) is 2.42. The highest BCUT2D eigenvalue weighted by Gasteiger charge is 2.11. The Morgan fingerprint density at radius 1 is 1.39 bits per heavy atom. The van der Waals surface area contributed by atoms with Gasteiger partial charge in [0.15, 0.2) is 0 Å². The van der Waals surface area contributed by atoms with Crippen LogP contribution >= 0.6 is 0 Å². The van der Waals surface area contributed by atoms with Gasteiger partial charge in [-0.2, -0.15) is 0 Å². The van der Waals surface area contributed by atoms with Gasteiger partial charge in [-0.1, -0.05) is 12.1 Å². The summed E-state index contributed by atoms with van der Waals surface area (Å²) in [5.41, 5.74) is 1.63. The van der Waals surface area contributed by atoms with Gasteiger partial charge < -0.3 is 9.73 Å². The summed E-state index contributed by atoms with van der Waals surface area (Å²) in [7, 11) is 0. The quantitative estimate of drug-likeness (QED) is 0.905. The van der Waals surface area contributed by atoms with E-state index in [0.29, 0.717) is 29.0 Å². The Kier molecular flexibility index (Phi) is 3.46. The van der Waals surface area contributed by atoms with Crippen LogP contribution in [0.15, 0.2) is 34.9 Å². The summed E-state index contributed by atoms with van der Waals surface area (Å²) in [5.74, 6) is -0.00121. The highest BCUT2D eigenvalue weighted by Crippen LogP contribution is 2.24. The molecule has 0 saturated carbocycles. The molecule has 0 aliphatic heterocycles. The number of rotatable bonds is 3. The average Bonchev–Trinajstić information content (AvgIpc) is 2.82. The molecule has 18 heavy (non-hydrogen) atoms. The Morgan fingerprint density at radius 3 is 2.83 bits per heavy atom. The highest BCUT2D eigenvalue weighted by molar-refractivity contribution is 5.94. The SMILES string of the molecule is CCNC(=O)c1coc(-c2ccc(C)c(F)c2)c1. The van der Waals surface area contributed by atoms with Crippen molar-refractivity contribution < 1.29 is 13.6 Å². The number of hydrogen-bond acceptors (Lipinski definition) is 2. The number of amides is 1. The van der Waals surface area contributed by atoms with Gasteiger partial charge in [0.05, 0.1) is 5.56 Å². The molecule has 3 nitrogen and oxygen atoms in total. The molecule has 2 aromatic rings. The number of furan rings is 1. The van der Waals surface area contributed by atoms with Crippen molar-refractivity contribution in [2.24, 2.45) is 0 Å². The van der Waals surface area contributed by atoms with Crippen LogP contribution in [0.25, 0.3) is 11.3 Å². The predicted octanol–water partition coefficient (Wildman–Crippen LogP) is 3.14. The monoisotopic (exact) mass is 247 g/mol. The van der Waals surface area contributed by atoms with Crippen LogP contribution in [-0.2, 0) is 0 Å². The fraction of sp³-hybridized carbons (Fsp3) is 0.214. The standard InChI is InChI=1S/C14H14FNO2/c1-3-16-14(17)11-7-13(18-8-11)10-5-4-9(2)12(15)6-10/h4-8H,3H2,1-2H3,(H,16,17). The Morgan fingerprint density at radius 2 is 2.17 bits per heavy atom. The minimum absolute atomic E-state index is 0.194. The fourth-order valence-electron chi connectivity index (χ4n) is 1.62. The van der Waals surface area contributed by atoms with Gasteiger partial charge in [-0.25, -0.2) is 4.39 Å². The number of nitrogens with one attached hydrogen (secondary N) is 1. The van der Waals surface area contributed by atoms with Gasteiger partial charge in [-0.05, 0) is 31.5 Å². The summed E-state index contributed by atoms with van der Waals surface area (Å²) in [6, 6.07) is 6.45. The van der Waals surface area contributed by atoms with Gasteiger partial charge >= 0.3 is 0 Å². The number of carbonyl (C=O) groups is 1. The van der Waals surface area contributed by atoms with Crippen LogP contribution in [0.5, 0.6) is 0 Å². The third-order valence-electron chi connectivity index (χ3n) is 2.66. The smallest absolute Gasteiger partial charge is 0.254 e. The molecule has 0 unspecified atom stereocenters. The Bertz CT molecular complexity index is 575. The molecular formula is C14H14FNO2. The second-order valence-electron chi connectivity index (χ2n) is 4.02. The molecule has 0 aliphatic rings. The summed E-state index contributed by atoms with van der Waals surface area (Å²) in [5, 5.41) is 2.67. The van der Waals surface area contributed by atoms with Crippen LogP contribution in [0.2, 0.25) is 0 Å². The molecule has 1 aromatic carbocycles. The van der Waals surface area contributed by atoms with E-state index in [1.165, 1.54) is 12.3 Å². The van der Waals surface area contributed by atoms with Crippen molar-refractivity contribution in [1.29, 1.82) is 0 Å². The Hall–Kier alpha value is -2.10. The van der Waals surface area contributed by atoms with E-state index >= 15 is 0 Å². The van der Waals surface area contributed by atoms with E-state index in [0.717, 1.165) is 0 Å². The highest BCUT2D eigenvalue weighted by atomic mass is 19.1. The van der Waals surface area contributed by atoms with Crippen molar-refractivity contribution >= 4 is 5.91 Å². The van der Waals surface area contributed by atoms with Crippen molar-refractivity contribution in [3.63, 3.8) is 0 Å². The number of aryl methyl sites for hydroxylation is 1. The maximum Gasteiger partial charge on any atom is 0.254 e. The average molecular weight is 247 g/mol. The minimum atomic E-state index is -0.288. The van der Waals surface area contributed by atoms with Gasteiger partial charge in [-0.3, -0.25) is 4.79 Å². The molecule has 0 aliphatic carbocycles. The van der Waals surface area contributed by atoms with Crippen LogP contribution in [-0.4, -0.2) is 12.5 Å². The van der Waals surface area contributed by atoms with Gasteiger partial charge in [0.25, 0.3) is 5.91 Å². The van der Waals surface area contributed by atoms with E-state index in [1.807, 2.05) is 6.92 Å². The normalized spacial score (nSPS) is 10.4. The molecule has 0 bridgehead atoms. The topological polar surface area (TPSA) is 42.2 Å². The Labute approximate surface area is 105 Å². The lowest BCUT2D eigenvalue weighted by molar-refractivity contribution is 0.0955. The zero-order valence-corrected chi connectivity index (χ0v) is 10.3. The number of hydrogen-bond donors (Lipinski definition) is 1. The largest absolute Gasteiger partial charge is 0.464 e. The summed E-state index contributed by atoms with van der Waals surface area (Å²) in [6.07, 6.45) is 1.37. The van der Waals surface area contributed by atoms with Crippen molar-refractivity contribution in [2.45, 2.75) is 13.8 Å². The van der Waals surface area contributed by atoms with E-state index in [1.54, 1.807) is 25.1 Å². The fourth-order valence-corrected chi connectivity index (χ4v) is 1.62. The number of halogens is 1. The first-order valence-corrected chi connectivity index (χ1v) is 5.75. The number of benzene rings is 1. The first-order chi connectivity index (χ1) is 8.61. The molecule has 0 spiro atoms. The summed E-state index contributed by atoms with van der Waals surface area (Å²) >= 11 is 0. The molecule has 0 fully saturated rings. The molecule has 1 aromatic heterocycles. The second kappa shape index (κ2) is 5.04. The Balaban J connectivity index is 2.29. The van der Waals surface area contributed by atoms with Crippen LogP contribution in [0, 0.1) is 12.7 Å². The molecule has 1 heterocycles. The first-order valence-electron chi connectivity index (χ1n) is 5.75. The zero-order valence-electron chi connectivity index (χ0n) is 10.3. The van der Waals surface area contributed by atoms with Crippen LogP contribution in [0.3, 0.4) is 0 Å². The lowest BCUT2D eigenvalue weighted by Gasteiger charge is -1.99. The molecule has 0 saturated heterocycles. The van der Waals surface area contributed by atoms with Gasteiger partial charge in [0, 0.05) is 12.1 Å². The number of carbonyl (C=O) groups excluding carboxylic acids is 1. The molecule has 1 amide bonds. The molecule has 1 N–H and O–H groups in total. The molecule has 94 valence electrons. The van der Waals surface area contributed by atoms with Crippen LogP contribution in [0.4, 0.5) is 4.39 Å². The summed E-state index contributed by atoms with van der Waals surface area (Å²) in [4.78, 5) is 11.6. The maximum absolute atomic E-state index is 13.4. The van der Waals surface area contributed by atoms with Gasteiger partial charge in [-0.15, -0.1) is 0 Å². The van der Waals surface area contributed by atoms with E-state index in [4.69, 9.17) is 4.42 Å². The second-order valence-corrected chi connectivity index (χ2v) is 4.02. The third-order valence-corrected chi connectivity index (χ3v) is 2.66. The molecule has 0 atom stereocenters. The van der Waals surface area contributed by atoms with Crippen molar-refractivity contribution in [3.8, 4) is 11.3 Å². The summed E-state index contributed by atoms with van der Waals surface area (Å²) < 4.78 is 18.7. The van der Waals surface area contributed by atoms with Crippen molar-refractivity contribution in [3.05, 3.63) is 47.5 Å². The van der Waals surface area contributed by atoms with E-state index in [-0.39, 0.29) is 11.7 Å². The van der Waals surface area contributed by atoms with Crippen LogP contribution in [0.1, 0.15) is 22.8 Å². The molecule has 0 radical (unpaired) electrons. The minimum Gasteiger partial charge on any atom is -0.464 e. The summed E-state index contributed by atoms with van der Waals surface area (Å²) in [6.45, 7) is 4.09. The van der Waals surface area contributed by atoms with Crippen LogP contribution < -0.4 is 5.32 Å². The zero-order chi connectivity index (χ0) is 13.1. The van der Waals surface area contributed by atoms with E-state index in [2.05, 4.69) is 5.32 Å². The lowest BCUT2D eigenvalue weighted by atomic mass is 10.1. The first kappa shape index (κ1) is 12.4. The maximum atomic E-state index is 13.4. The lowest BCUT2D eigenvalue weighted by Crippen LogP contribution is -2.21. The van der Waals surface area contributed by atoms with E-state index in [9.17, 15) is 9.18 Å². The predicted molar refractivity (Wildman–Crippen MR) is 66.8 cm³/mol. The molecular weight excluding hydrogens is 233 g/mol. The molecule has 2 rings (SSSR count). The van der Waals surface area contributed by atoms with Crippen molar-refractivity contribution in [2.75, 3.05) is 6.54 Å². The van der Waals surface area contributed by atoms with E-state index < -0.39 is 0 Å². The molecule has 4 heteroatoms. The van der Waals surface area contributed by atoms with Gasteiger partial charge in [0.1, 0.15) is 17.8 Å². The van der Waals surface area contributed by atoms with Gasteiger partial charge in [0.2, 0.25) is 0 Å². The van der Waals surface area contributed by atoms with Crippen molar-refractivity contribution in [1.82, 2.24) is 5.32 Å².